The maximum atomic E-state index is 10.1. The van der Waals surface area contributed by atoms with Gasteiger partial charge in [-0.05, 0) is 85.1 Å². The molecule has 0 radical (unpaired) electrons. The van der Waals surface area contributed by atoms with Crippen LogP contribution < -0.4 is 0 Å². The van der Waals surface area contributed by atoms with Gasteiger partial charge in [0.25, 0.3) is 0 Å². The molecule has 2 nitrogen and oxygen atoms in total. The number of rotatable bonds is 8. The van der Waals surface area contributed by atoms with Gasteiger partial charge in [-0.2, -0.15) is 0 Å². The Labute approximate surface area is 258 Å². The van der Waals surface area contributed by atoms with Crippen LogP contribution in [-0.2, 0) is 0 Å². The van der Waals surface area contributed by atoms with Crippen molar-refractivity contribution in [3.05, 3.63) is 81.5 Å². The van der Waals surface area contributed by atoms with Gasteiger partial charge in [0.05, 0.1) is 12.2 Å². The minimum atomic E-state index is -0.249. The Morgan fingerprint density at radius 1 is 0.881 bits per heavy atom. The van der Waals surface area contributed by atoms with Gasteiger partial charge in [-0.25, -0.2) is 0 Å². The van der Waals surface area contributed by atoms with Crippen molar-refractivity contribution in [3.63, 3.8) is 0 Å². The summed E-state index contributed by atoms with van der Waals surface area (Å²) in [5.74, 6) is 13.9. The molecule has 0 aliphatic heterocycles. The first kappa shape index (κ1) is 35.4. The summed E-state index contributed by atoms with van der Waals surface area (Å²) in [5, 5.41) is 20.2. The van der Waals surface area contributed by atoms with E-state index in [0.717, 1.165) is 50.5 Å². The highest BCUT2D eigenvalue weighted by Crippen LogP contribution is 2.40. The molecule has 0 aromatic rings. The molecule has 0 aromatic carbocycles. The lowest BCUT2D eigenvalue weighted by Crippen LogP contribution is -2.28. The van der Waals surface area contributed by atoms with E-state index in [1.54, 1.807) is 0 Å². The second kappa shape index (κ2) is 16.2. The highest BCUT2D eigenvalue weighted by molar-refractivity contribution is 5.44. The first-order valence-electron chi connectivity index (χ1n) is 15.7. The summed E-state index contributed by atoms with van der Waals surface area (Å²) in [6, 6.07) is 0. The van der Waals surface area contributed by atoms with E-state index in [4.69, 9.17) is 0 Å². The van der Waals surface area contributed by atoms with E-state index in [-0.39, 0.29) is 29.0 Å². The van der Waals surface area contributed by atoms with Crippen LogP contribution in [0, 0.1) is 40.4 Å². The van der Waals surface area contributed by atoms with Crippen molar-refractivity contribution in [1.29, 1.82) is 0 Å². The van der Waals surface area contributed by atoms with Gasteiger partial charge in [0.1, 0.15) is 0 Å². The number of hydrogen-bond donors (Lipinski definition) is 2. The van der Waals surface area contributed by atoms with Crippen molar-refractivity contribution in [2.24, 2.45) is 16.7 Å². The Kier molecular flexibility index (Phi) is 13.6. The molecule has 0 saturated carbocycles. The van der Waals surface area contributed by atoms with E-state index in [2.05, 4.69) is 135 Å². The largest absolute Gasteiger partial charge is 0.393 e. The minimum Gasteiger partial charge on any atom is -0.393 e. The molecule has 0 amide bonds. The highest BCUT2D eigenvalue weighted by Gasteiger charge is 2.33. The highest BCUT2D eigenvalue weighted by atomic mass is 16.3. The normalized spacial score (nSPS) is 24.0. The first-order valence-corrected chi connectivity index (χ1v) is 15.7. The maximum absolute atomic E-state index is 10.1. The molecule has 42 heavy (non-hydrogen) atoms. The molecule has 3 atom stereocenters. The van der Waals surface area contributed by atoms with Crippen molar-refractivity contribution in [2.75, 3.05) is 0 Å². The zero-order chi connectivity index (χ0) is 31.5. The van der Waals surface area contributed by atoms with Gasteiger partial charge < -0.3 is 10.2 Å². The molecule has 2 aliphatic rings. The number of hydrogen-bond acceptors (Lipinski definition) is 2. The summed E-state index contributed by atoms with van der Waals surface area (Å²) in [7, 11) is 0. The fourth-order valence-electron chi connectivity index (χ4n) is 6.15. The summed E-state index contributed by atoms with van der Waals surface area (Å²) in [5.41, 5.74) is 8.41. The lowest BCUT2D eigenvalue weighted by Gasteiger charge is -2.34. The standard InChI is InChI=1S/C40H56O2/c1-29(17-13-19-31(3)21-23-37-33(5)25-35(41)27-39(37,7)8)15-11-12-16-30(2)18-14-20-32(4)22-24-38-34(6)26-36(42)28-40(38,9)10/h11-13,15-17,20,31,35-36,41-42H,14,18-19,25-28H2,1-10H3/b12-11+,17-13+,29-15+,30-16+,32-20+/t31?,35-,36-/m1/s1. The topological polar surface area (TPSA) is 40.5 Å². The maximum Gasteiger partial charge on any atom is 0.0586 e. The van der Waals surface area contributed by atoms with E-state index in [1.807, 2.05) is 0 Å². The summed E-state index contributed by atoms with van der Waals surface area (Å²) in [6.07, 6.45) is 20.6. The molecule has 0 aromatic heterocycles. The summed E-state index contributed by atoms with van der Waals surface area (Å²) < 4.78 is 0. The Morgan fingerprint density at radius 2 is 1.43 bits per heavy atom. The van der Waals surface area contributed by atoms with E-state index < -0.39 is 0 Å². The molecule has 0 heterocycles. The van der Waals surface area contributed by atoms with Crippen molar-refractivity contribution >= 4 is 0 Å². The van der Waals surface area contributed by atoms with Crippen LogP contribution in [0.15, 0.2) is 81.5 Å². The first-order chi connectivity index (χ1) is 19.6. The average Bonchev–Trinajstić information content (AvgIpc) is 2.84. The fraction of sp³-hybridized carbons (Fsp3) is 0.550. The smallest absolute Gasteiger partial charge is 0.0586 e. The third kappa shape index (κ3) is 11.8. The Balaban J connectivity index is 1.82. The molecule has 2 N–H and O–H groups in total. The monoisotopic (exact) mass is 568 g/mol. The zero-order valence-corrected chi connectivity index (χ0v) is 28.1. The fourth-order valence-corrected chi connectivity index (χ4v) is 6.15. The Morgan fingerprint density at radius 3 is 2.00 bits per heavy atom. The predicted octanol–water partition coefficient (Wildman–Crippen LogP) is 9.75. The van der Waals surface area contributed by atoms with Crippen molar-refractivity contribution in [2.45, 2.75) is 126 Å². The number of allylic oxidation sites excluding steroid dienone is 12. The van der Waals surface area contributed by atoms with Crippen molar-refractivity contribution in [3.8, 4) is 23.7 Å². The molecule has 228 valence electrons. The molecule has 0 saturated heterocycles. The van der Waals surface area contributed by atoms with Crippen LogP contribution in [0.1, 0.15) is 114 Å². The van der Waals surface area contributed by atoms with E-state index in [9.17, 15) is 10.2 Å². The lowest BCUT2D eigenvalue weighted by atomic mass is 9.72. The summed E-state index contributed by atoms with van der Waals surface area (Å²) in [4.78, 5) is 0. The second-order valence-electron chi connectivity index (χ2n) is 14.0. The van der Waals surface area contributed by atoms with E-state index >= 15 is 0 Å². The number of aliphatic hydroxyl groups is 2. The number of aliphatic hydroxyl groups excluding tert-OH is 2. The third-order valence-electron chi connectivity index (χ3n) is 8.32. The SMILES string of the molecule is CC1=C(C#C/C(C)=C/CC/C(C)=C/C=C/C=C(C)/C=C/CC(C)C#CC2=C(C)C[C@@H](O)CC2(C)C)C(C)(C)C[C@H](O)C1. The van der Waals surface area contributed by atoms with Crippen LogP contribution in [0.2, 0.25) is 0 Å². The van der Waals surface area contributed by atoms with Gasteiger partial charge in [0.15, 0.2) is 0 Å². The molecular formula is C40H56O2. The van der Waals surface area contributed by atoms with Gasteiger partial charge in [0, 0.05) is 27.9 Å². The van der Waals surface area contributed by atoms with Gasteiger partial charge in [-0.1, -0.05) is 123 Å². The van der Waals surface area contributed by atoms with Crippen LogP contribution >= 0.6 is 0 Å². The molecule has 2 heteroatoms. The van der Waals surface area contributed by atoms with E-state index in [1.165, 1.54) is 33.4 Å². The molecular weight excluding hydrogens is 512 g/mol. The van der Waals surface area contributed by atoms with Crippen LogP contribution in [-0.4, -0.2) is 22.4 Å². The second-order valence-corrected chi connectivity index (χ2v) is 14.0. The summed E-state index contributed by atoms with van der Waals surface area (Å²) >= 11 is 0. The molecule has 0 bridgehead atoms. The molecule has 2 aliphatic carbocycles. The molecule has 1 unspecified atom stereocenters. The van der Waals surface area contributed by atoms with Crippen LogP contribution in [0.5, 0.6) is 0 Å². The molecule has 0 fully saturated rings. The van der Waals surface area contributed by atoms with Crippen molar-refractivity contribution < 1.29 is 10.2 Å². The van der Waals surface area contributed by atoms with Crippen LogP contribution in [0.3, 0.4) is 0 Å². The van der Waals surface area contributed by atoms with Gasteiger partial charge in [-0.3, -0.25) is 0 Å². The molecule has 0 spiro atoms. The molecule has 2 rings (SSSR count). The Hall–Kier alpha value is -2.78. The lowest BCUT2D eigenvalue weighted by molar-refractivity contribution is 0.116. The minimum absolute atomic E-state index is 0.0526. The van der Waals surface area contributed by atoms with Crippen molar-refractivity contribution in [1.82, 2.24) is 0 Å². The van der Waals surface area contributed by atoms with Gasteiger partial charge in [-0.15, -0.1) is 0 Å². The van der Waals surface area contributed by atoms with Crippen LogP contribution in [0.25, 0.3) is 0 Å². The van der Waals surface area contributed by atoms with Crippen LogP contribution in [0.4, 0.5) is 0 Å². The quantitative estimate of drug-likeness (QED) is 0.226. The van der Waals surface area contributed by atoms with Gasteiger partial charge >= 0.3 is 0 Å². The Bertz CT molecular complexity index is 1290. The van der Waals surface area contributed by atoms with Gasteiger partial charge in [0.2, 0.25) is 0 Å². The average molecular weight is 569 g/mol. The predicted molar refractivity (Wildman–Crippen MR) is 182 cm³/mol. The summed E-state index contributed by atoms with van der Waals surface area (Å²) in [6.45, 7) is 21.5. The van der Waals surface area contributed by atoms with E-state index in [0.29, 0.717) is 0 Å². The third-order valence-corrected chi connectivity index (χ3v) is 8.32. The zero-order valence-electron chi connectivity index (χ0n) is 28.1.